The first kappa shape index (κ1) is 32.4. The van der Waals surface area contributed by atoms with E-state index in [2.05, 4.69) is 31.3 Å². The van der Waals surface area contributed by atoms with Gasteiger partial charge in [-0.3, -0.25) is 25.0 Å². The van der Waals surface area contributed by atoms with Gasteiger partial charge < -0.3 is 25.4 Å². The van der Waals surface area contributed by atoms with Crippen molar-refractivity contribution in [3.8, 4) is 0 Å². The van der Waals surface area contributed by atoms with E-state index in [1.54, 1.807) is 44.7 Å². The Balaban J connectivity index is 1.64. The quantitative estimate of drug-likeness (QED) is 0.159. The molecule has 3 rings (SSSR count). The molecule has 4 amide bonds. The topological polar surface area (TPSA) is 147 Å². The van der Waals surface area contributed by atoms with Crippen molar-refractivity contribution in [3.63, 3.8) is 0 Å². The van der Waals surface area contributed by atoms with Gasteiger partial charge in [-0.2, -0.15) is 0 Å². The van der Waals surface area contributed by atoms with Gasteiger partial charge in [0.2, 0.25) is 11.8 Å². The molecule has 0 bridgehead atoms. The molecule has 0 aliphatic carbocycles. The van der Waals surface area contributed by atoms with Crippen molar-refractivity contribution < 1.29 is 23.9 Å². The minimum atomic E-state index is -0.860. The van der Waals surface area contributed by atoms with Crippen LogP contribution in [0.3, 0.4) is 0 Å². The Morgan fingerprint density at radius 1 is 0.929 bits per heavy atom. The van der Waals surface area contributed by atoms with Crippen LogP contribution in [0.2, 0.25) is 0 Å². The van der Waals surface area contributed by atoms with E-state index in [0.29, 0.717) is 19.8 Å². The fraction of sp³-hybridized carbons (Fsp3) is 0.433. The summed E-state index contributed by atoms with van der Waals surface area (Å²) in [5.41, 5.74) is 5.04. The number of hydrazine groups is 1. The summed E-state index contributed by atoms with van der Waals surface area (Å²) in [5.74, 6) is -1.11. The maximum absolute atomic E-state index is 13.4. The Hall–Kier alpha value is -4.13. The highest BCUT2D eigenvalue weighted by molar-refractivity contribution is 5.89. The number of hydrogen-bond acceptors (Lipinski definition) is 8. The van der Waals surface area contributed by atoms with E-state index in [-0.39, 0.29) is 18.4 Å². The molecular weight excluding hydrogens is 538 g/mol. The van der Waals surface area contributed by atoms with Crippen molar-refractivity contribution in [2.45, 2.75) is 52.6 Å². The third-order valence-corrected chi connectivity index (χ3v) is 6.56. The van der Waals surface area contributed by atoms with Gasteiger partial charge in [-0.1, -0.05) is 31.2 Å². The first-order valence-electron chi connectivity index (χ1n) is 14.0. The second-order valence-electron chi connectivity index (χ2n) is 9.84. The zero-order valence-corrected chi connectivity index (χ0v) is 24.8. The van der Waals surface area contributed by atoms with Crippen LogP contribution >= 0.6 is 0 Å². The van der Waals surface area contributed by atoms with E-state index >= 15 is 0 Å². The normalized spacial score (nSPS) is 13.4. The number of urea groups is 1. The van der Waals surface area contributed by atoms with Crippen LogP contribution in [-0.2, 0) is 25.6 Å². The minimum absolute atomic E-state index is 0.163. The Bertz CT molecular complexity index is 1300. The summed E-state index contributed by atoms with van der Waals surface area (Å²) in [6.45, 7) is 8.37. The predicted molar refractivity (Wildman–Crippen MR) is 159 cm³/mol. The second-order valence-corrected chi connectivity index (χ2v) is 9.84. The number of nitrogens with zero attached hydrogens (tertiary/aromatic N) is 3. The molecule has 4 N–H and O–H groups in total. The van der Waals surface area contributed by atoms with E-state index in [9.17, 15) is 14.4 Å². The molecule has 3 atom stereocenters. The number of rotatable bonds is 15. The standard InChI is InChI=1S/C30H41N7O5/c1-6-41-29(42-7-2)20(3)26(24-12-8-10-23-11-9-15-32-27(23)24)35-28(39)21(4)34-25(38)19-37(5)36-30(40)33-18-22-13-16-31-17-14-22/h8-17,20-21,26,29H,6-7,18-19H2,1-5H3,(H,34,38)(H,35,39)(H2,33,36,40)/t20-,21?,26-/m0/s1. The summed E-state index contributed by atoms with van der Waals surface area (Å²) in [4.78, 5) is 46.8. The lowest BCUT2D eigenvalue weighted by Gasteiger charge is -2.32. The number of pyridine rings is 2. The molecule has 0 saturated heterocycles. The SMILES string of the molecule is CCOC(OCC)[C@@H](C)[C@H](NC(=O)C(C)NC(=O)CN(C)NC(=O)NCc1ccncc1)c1cccc2cccnc12. The maximum Gasteiger partial charge on any atom is 0.329 e. The zero-order chi connectivity index (χ0) is 30.5. The van der Waals surface area contributed by atoms with Crippen LogP contribution < -0.4 is 21.4 Å². The number of hydrogen-bond donors (Lipinski definition) is 4. The third kappa shape index (κ3) is 9.47. The number of nitrogens with one attached hydrogen (secondary N) is 4. The summed E-state index contributed by atoms with van der Waals surface area (Å²) >= 11 is 0. The lowest BCUT2D eigenvalue weighted by molar-refractivity contribution is -0.170. The van der Waals surface area contributed by atoms with Crippen molar-refractivity contribution >= 4 is 28.7 Å². The molecule has 226 valence electrons. The number of aromatic nitrogens is 2. The fourth-order valence-electron chi connectivity index (χ4n) is 4.49. The monoisotopic (exact) mass is 579 g/mol. The van der Waals surface area contributed by atoms with Crippen molar-refractivity contribution in [1.82, 2.24) is 36.4 Å². The molecule has 0 fully saturated rings. The Morgan fingerprint density at radius 3 is 2.31 bits per heavy atom. The summed E-state index contributed by atoms with van der Waals surface area (Å²) in [7, 11) is 1.56. The number of carbonyl (C=O) groups is 3. The number of benzene rings is 1. The molecule has 12 heteroatoms. The van der Waals surface area contributed by atoms with E-state index in [1.165, 1.54) is 5.01 Å². The van der Waals surface area contributed by atoms with E-state index < -0.39 is 30.3 Å². The molecule has 0 saturated carbocycles. The van der Waals surface area contributed by atoms with E-state index in [0.717, 1.165) is 22.0 Å². The largest absolute Gasteiger partial charge is 0.353 e. The van der Waals surface area contributed by atoms with Crippen molar-refractivity contribution in [2.24, 2.45) is 5.92 Å². The van der Waals surface area contributed by atoms with Crippen LogP contribution in [0, 0.1) is 5.92 Å². The number of para-hydroxylation sites is 1. The third-order valence-electron chi connectivity index (χ3n) is 6.56. The smallest absolute Gasteiger partial charge is 0.329 e. The maximum atomic E-state index is 13.4. The number of carbonyl (C=O) groups excluding carboxylic acids is 3. The average molecular weight is 580 g/mol. The molecule has 12 nitrogen and oxygen atoms in total. The van der Waals surface area contributed by atoms with E-state index in [1.807, 2.05) is 51.1 Å². The van der Waals surface area contributed by atoms with Crippen molar-refractivity contribution in [3.05, 3.63) is 72.2 Å². The second kappa shape index (κ2) is 16.3. The number of fused-ring (bicyclic) bond motifs is 1. The Kier molecular flexibility index (Phi) is 12.6. The van der Waals surface area contributed by atoms with Gasteiger partial charge in [-0.05, 0) is 44.5 Å². The van der Waals surface area contributed by atoms with Gasteiger partial charge in [0.25, 0.3) is 0 Å². The first-order chi connectivity index (χ1) is 20.2. The molecule has 0 aliphatic heterocycles. The number of amides is 4. The molecule has 0 radical (unpaired) electrons. The predicted octanol–water partition coefficient (Wildman–Crippen LogP) is 2.67. The molecule has 2 aromatic heterocycles. The van der Waals surface area contributed by atoms with Crippen LogP contribution in [0.1, 0.15) is 44.9 Å². The molecule has 2 heterocycles. The lowest BCUT2D eigenvalue weighted by Crippen LogP contribution is -2.52. The minimum Gasteiger partial charge on any atom is -0.353 e. The summed E-state index contributed by atoms with van der Waals surface area (Å²) in [6, 6.07) is 11.4. The highest BCUT2D eigenvalue weighted by atomic mass is 16.7. The molecule has 0 aliphatic rings. The summed E-state index contributed by atoms with van der Waals surface area (Å²) < 4.78 is 11.7. The molecule has 1 unspecified atom stereocenters. The van der Waals surface area contributed by atoms with Crippen LogP contribution in [0.25, 0.3) is 10.9 Å². The van der Waals surface area contributed by atoms with Gasteiger partial charge >= 0.3 is 6.03 Å². The van der Waals surface area contributed by atoms with Crippen LogP contribution in [0.5, 0.6) is 0 Å². The van der Waals surface area contributed by atoms with Gasteiger partial charge in [0.15, 0.2) is 6.29 Å². The van der Waals surface area contributed by atoms with Gasteiger partial charge in [0.05, 0.1) is 18.1 Å². The summed E-state index contributed by atoms with van der Waals surface area (Å²) in [5, 5.41) is 10.8. The highest BCUT2D eigenvalue weighted by Crippen LogP contribution is 2.31. The van der Waals surface area contributed by atoms with E-state index in [4.69, 9.17) is 9.47 Å². The number of likely N-dealkylation sites (N-methyl/N-ethyl adjacent to an activating group) is 1. The molecular formula is C30H41N7O5. The highest BCUT2D eigenvalue weighted by Gasteiger charge is 2.32. The Morgan fingerprint density at radius 2 is 1.62 bits per heavy atom. The molecule has 42 heavy (non-hydrogen) atoms. The Labute approximate surface area is 246 Å². The fourth-order valence-corrected chi connectivity index (χ4v) is 4.49. The van der Waals surface area contributed by atoms with Crippen LogP contribution in [-0.4, -0.2) is 72.0 Å². The van der Waals surface area contributed by atoms with Crippen LogP contribution in [0.4, 0.5) is 4.79 Å². The summed E-state index contributed by atoms with van der Waals surface area (Å²) in [6.07, 6.45) is 4.42. The first-order valence-corrected chi connectivity index (χ1v) is 14.0. The lowest BCUT2D eigenvalue weighted by atomic mass is 9.91. The van der Waals surface area contributed by atoms with Gasteiger partial charge in [-0.25, -0.2) is 9.80 Å². The zero-order valence-electron chi connectivity index (χ0n) is 24.8. The number of ether oxygens (including phenoxy) is 2. The van der Waals surface area contributed by atoms with Crippen molar-refractivity contribution in [2.75, 3.05) is 26.8 Å². The molecule has 3 aromatic rings. The average Bonchev–Trinajstić information content (AvgIpc) is 2.98. The van der Waals surface area contributed by atoms with Gasteiger partial charge in [-0.15, -0.1) is 0 Å². The van der Waals surface area contributed by atoms with Crippen LogP contribution in [0.15, 0.2) is 61.1 Å². The molecule has 1 aromatic carbocycles. The van der Waals surface area contributed by atoms with Gasteiger partial charge in [0.1, 0.15) is 6.04 Å². The van der Waals surface area contributed by atoms with Gasteiger partial charge in [0, 0.05) is 62.3 Å². The molecule has 0 spiro atoms. The van der Waals surface area contributed by atoms with Crippen molar-refractivity contribution in [1.29, 1.82) is 0 Å².